The molecule has 1 saturated heterocycles. The Labute approximate surface area is 186 Å². The average molecular weight is 561 g/mol. The Morgan fingerprint density at radius 2 is 2.27 bits per heavy atom. The quantitative estimate of drug-likeness (QED) is 0.208. The van der Waals surface area contributed by atoms with Gasteiger partial charge in [-0.2, -0.15) is 0 Å². The third-order valence-electron chi connectivity index (χ3n) is 3.85. The van der Waals surface area contributed by atoms with E-state index >= 15 is 0 Å². The average Bonchev–Trinajstić information content (AvgIpc) is 3.11. The van der Waals surface area contributed by atoms with Crippen LogP contribution in [0.15, 0.2) is 27.7 Å². The minimum atomic E-state index is 0. The lowest BCUT2D eigenvalue weighted by atomic mass is 10.1. The number of hydrogen-bond acceptors (Lipinski definition) is 3. The fourth-order valence-electron chi connectivity index (χ4n) is 2.54. The van der Waals surface area contributed by atoms with Gasteiger partial charge < -0.3 is 20.1 Å². The van der Waals surface area contributed by atoms with Crippen molar-refractivity contribution in [2.75, 3.05) is 39.5 Å². The van der Waals surface area contributed by atoms with Crippen LogP contribution in [-0.2, 0) is 15.9 Å². The fraction of sp³-hybridized carbons (Fsp3) is 0.611. The summed E-state index contributed by atoms with van der Waals surface area (Å²) in [7, 11) is 0. The zero-order valence-corrected chi connectivity index (χ0v) is 19.8. The molecule has 1 aromatic rings. The lowest BCUT2D eigenvalue weighted by Crippen LogP contribution is -2.38. The van der Waals surface area contributed by atoms with E-state index in [-0.39, 0.29) is 30.1 Å². The molecule has 2 rings (SSSR count). The summed E-state index contributed by atoms with van der Waals surface area (Å²) in [5, 5.41) is 7.39. The summed E-state index contributed by atoms with van der Waals surface area (Å²) in [4.78, 5) is 4.59. The molecule has 0 bridgehead atoms. The van der Waals surface area contributed by atoms with Gasteiger partial charge in [-0.25, -0.2) is 0 Å². The topological polar surface area (TPSA) is 54.9 Å². The van der Waals surface area contributed by atoms with Gasteiger partial charge in [0.2, 0.25) is 0 Å². The molecule has 26 heavy (non-hydrogen) atoms. The second-order valence-electron chi connectivity index (χ2n) is 5.88. The van der Waals surface area contributed by atoms with E-state index in [2.05, 4.69) is 38.5 Å². The molecule has 0 radical (unpaired) electrons. The Kier molecular flexibility index (Phi) is 12.9. The van der Waals surface area contributed by atoms with Crippen LogP contribution in [0, 0.1) is 0 Å². The summed E-state index contributed by atoms with van der Waals surface area (Å²) in [5.74, 6) is 0.838. The maximum Gasteiger partial charge on any atom is 0.191 e. The molecule has 1 fully saturated rings. The number of benzene rings is 1. The van der Waals surface area contributed by atoms with Gasteiger partial charge in [-0.15, -0.1) is 24.0 Å². The zero-order valence-electron chi connectivity index (χ0n) is 15.1. The lowest BCUT2D eigenvalue weighted by molar-refractivity contribution is 0.0424. The summed E-state index contributed by atoms with van der Waals surface area (Å²) in [5.41, 5.74) is 1.18. The first-order valence-electron chi connectivity index (χ1n) is 8.84. The molecule has 2 N–H and O–H groups in total. The van der Waals surface area contributed by atoms with Crippen molar-refractivity contribution in [2.24, 2.45) is 4.99 Å². The van der Waals surface area contributed by atoms with Gasteiger partial charge in [0.1, 0.15) is 0 Å². The Morgan fingerprint density at radius 1 is 1.42 bits per heavy atom. The normalized spacial score (nSPS) is 17.0. The van der Waals surface area contributed by atoms with E-state index < -0.39 is 0 Å². The van der Waals surface area contributed by atoms with Crippen molar-refractivity contribution < 1.29 is 9.47 Å². The highest BCUT2D eigenvalue weighted by Gasteiger charge is 2.15. The van der Waals surface area contributed by atoms with Gasteiger partial charge in [0.25, 0.3) is 0 Å². The molecule has 8 heteroatoms. The van der Waals surface area contributed by atoms with Crippen molar-refractivity contribution >= 4 is 57.5 Å². The number of guanidine groups is 1. The van der Waals surface area contributed by atoms with Gasteiger partial charge in [0.05, 0.1) is 12.7 Å². The van der Waals surface area contributed by atoms with Crippen LogP contribution in [0.5, 0.6) is 0 Å². The van der Waals surface area contributed by atoms with Crippen LogP contribution >= 0.6 is 51.5 Å². The molecule has 0 amide bonds. The second-order valence-corrected chi connectivity index (χ2v) is 7.17. The van der Waals surface area contributed by atoms with Gasteiger partial charge in [0, 0.05) is 42.3 Å². The Hall–Kier alpha value is -0.0900. The molecule has 1 aliphatic heterocycles. The smallest absolute Gasteiger partial charge is 0.191 e. The monoisotopic (exact) mass is 559 g/mol. The molecule has 1 unspecified atom stereocenters. The summed E-state index contributed by atoms with van der Waals surface area (Å²) in [6.45, 7) is 6.71. The van der Waals surface area contributed by atoms with Crippen LogP contribution in [0.2, 0.25) is 5.02 Å². The molecule has 0 saturated carbocycles. The Bertz CT molecular complexity index is 557. The Morgan fingerprint density at radius 3 is 3.00 bits per heavy atom. The number of rotatable bonds is 9. The number of ether oxygens (including phenoxy) is 2. The zero-order chi connectivity index (χ0) is 17.9. The maximum atomic E-state index is 6.06. The molecule has 1 aliphatic rings. The van der Waals surface area contributed by atoms with E-state index in [1.54, 1.807) is 0 Å². The van der Waals surface area contributed by atoms with Crippen LogP contribution in [0.1, 0.15) is 25.3 Å². The molecule has 0 spiro atoms. The summed E-state index contributed by atoms with van der Waals surface area (Å²) in [6.07, 6.45) is 3.06. The van der Waals surface area contributed by atoms with Crippen molar-refractivity contribution in [1.29, 1.82) is 0 Å². The predicted molar refractivity (Wildman–Crippen MR) is 122 cm³/mol. The van der Waals surface area contributed by atoms with Crippen molar-refractivity contribution in [3.8, 4) is 0 Å². The summed E-state index contributed by atoms with van der Waals surface area (Å²) < 4.78 is 12.1. The molecule has 0 aromatic heterocycles. The van der Waals surface area contributed by atoms with Gasteiger partial charge in [0.15, 0.2) is 5.96 Å². The van der Waals surface area contributed by atoms with E-state index in [4.69, 9.17) is 21.1 Å². The van der Waals surface area contributed by atoms with Gasteiger partial charge in [-0.1, -0.05) is 27.5 Å². The number of halogens is 3. The molecule has 0 aliphatic carbocycles. The number of aliphatic imine (C=N–C) groups is 1. The van der Waals surface area contributed by atoms with Crippen molar-refractivity contribution in [3.63, 3.8) is 0 Å². The van der Waals surface area contributed by atoms with Gasteiger partial charge in [-0.05, 0) is 49.9 Å². The molecular weight excluding hydrogens is 532 g/mol. The summed E-state index contributed by atoms with van der Waals surface area (Å²) >= 11 is 9.62. The molecule has 148 valence electrons. The largest absolute Gasteiger partial charge is 0.379 e. The van der Waals surface area contributed by atoms with E-state index in [1.807, 2.05) is 18.2 Å². The number of nitrogens with one attached hydrogen (secondary N) is 2. The van der Waals surface area contributed by atoms with Crippen LogP contribution in [0.4, 0.5) is 0 Å². The van der Waals surface area contributed by atoms with Crippen molar-refractivity contribution in [2.45, 2.75) is 32.3 Å². The predicted octanol–water partition coefficient (Wildman–Crippen LogP) is 4.01. The van der Waals surface area contributed by atoms with Crippen molar-refractivity contribution in [1.82, 2.24) is 10.6 Å². The minimum absolute atomic E-state index is 0. The second kappa shape index (κ2) is 14.0. The highest BCUT2D eigenvalue weighted by Crippen LogP contribution is 2.21. The fourth-order valence-corrected chi connectivity index (χ4v) is 3.18. The summed E-state index contributed by atoms with van der Waals surface area (Å²) in [6, 6.07) is 5.85. The number of nitrogens with zero attached hydrogens (tertiary/aromatic N) is 1. The lowest BCUT2D eigenvalue weighted by Gasteiger charge is -2.12. The molecular formula is C18H28BrClIN3O2. The van der Waals surface area contributed by atoms with Crippen LogP contribution in [0.25, 0.3) is 0 Å². The molecule has 1 heterocycles. The third kappa shape index (κ3) is 9.21. The first-order valence-corrected chi connectivity index (χ1v) is 10.0. The van der Waals surface area contributed by atoms with E-state index in [0.29, 0.717) is 0 Å². The maximum absolute atomic E-state index is 6.06. The molecule has 1 atom stereocenters. The highest BCUT2D eigenvalue weighted by molar-refractivity contribution is 14.0. The van der Waals surface area contributed by atoms with Crippen LogP contribution in [-0.4, -0.2) is 51.5 Å². The van der Waals surface area contributed by atoms with Crippen LogP contribution in [0.3, 0.4) is 0 Å². The van der Waals surface area contributed by atoms with Crippen LogP contribution < -0.4 is 10.6 Å². The molecule has 5 nitrogen and oxygen atoms in total. The first-order chi connectivity index (χ1) is 12.2. The SMILES string of the molecule is CCNC(=NCCCOC1CCOC1)NCCc1cc(Cl)ccc1Br.I. The standard InChI is InChI=1S/C18H27BrClN3O2.HI/c1-2-21-18(22-8-3-10-25-16-7-11-24-13-16)23-9-6-14-12-15(20)4-5-17(14)19;/h4-5,12,16H,2-3,6-11,13H2,1H3,(H2,21,22,23);1H. The highest BCUT2D eigenvalue weighted by atomic mass is 127. The molecule has 1 aromatic carbocycles. The van der Waals surface area contributed by atoms with Gasteiger partial charge >= 0.3 is 0 Å². The first kappa shape index (κ1) is 23.9. The van der Waals surface area contributed by atoms with E-state index in [1.165, 1.54) is 5.56 Å². The van der Waals surface area contributed by atoms with E-state index in [9.17, 15) is 0 Å². The van der Waals surface area contributed by atoms with Gasteiger partial charge in [-0.3, -0.25) is 4.99 Å². The van der Waals surface area contributed by atoms with E-state index in [0.717, 1.165) is 74.2 Å². The third-order valence-corrected chi connectivity index (χ3v) is 4.86. The Balaban J connectivity index is 0.00000338. The van der Waals surface area contributed by atoms with Crippen molar-refractivity contribution in [3.05, 3.63) is 33.3 Å². The minimum Gasteiger partial charge on any atom is -0.379 e. The number of hydrogen-bond donors (Lipinski definition) is 2.